The lowest BCUT2D eigenvalue weighted by Crippen LogP contribution is -2.49. The third-order valence-electron chi connectivity index (χ3n) is 5.62. The van der Waals surface area contributed by atoms with Gasteiger partial charge in [-0.1, -0.05) is 51.1 Å². The predicted molar refractivity (Wildman–Crippen MR) is 110 cm³/mol. The van der Waals surface area contributed by atoms with E-state index in [0.717, 1.165) is 50.4 Å². The molecule has 0 unspecified atom stereocenters. The third-order valence-corrected chi connectivity index (χ3v) is 6.09. The number of piperazine rings is 1. The first-order valence-electron chi connectivity index (χ1n) is 9.80. The highest BCUT2D eigenvalue weighted by molar-refractivity contribution is 7.80. The highest BCUT2D eigenvalue weighted by atomic mass is 32.1. The molecule has 0 saturated carbocycles. The number of nitrogens with zero attached hydrogens (tertiary/aromatic N) is 2. The summed E-state index contributed by atoms with van der Waals surface area (Å²) in [6, 6.07) is 0. The molecule has 0 aromatic heterocycles. The van der Waals surface area contributed by atoms with E-state index in [0.29, 0.717) is 0 Å². The average Bonchev–Trinajstić information content (AvgIpc) is 2.58. The zero-order valence-corrected chi connectivity index (χ0v) is 17.3. The Bertz CT molecular complexity index is 554. The molecule has 0 aromatic rings. The van der Waals surface area contributed by atoms with Gasteiger partial charge >= 0.3 is 0 Å². The molecule has 1 aliphatic heterocycles. The van der Waals surface area contributed by atoms with Crippen LogP contribution in [0.4, 0.5) is 0 Å². The van der Waals surface area contributed by atoms with Crippen LogP contribution in [0.1, 0.15) is 66.2 Å². The summed E-state index contributed by atoms with van der Waals surface area (Å²) >= 11 is 5.52. The third kappa shape index (κ3) is 5.40. The van der Waals surface area contributed by atoms with Gasteiger partial charge in [0.05, 0.1) is 4.99 Å². The zero-order chi connectivity index (χ0) is 18.4. The molecule has 1 saturated heterocycles. The second-order valence-electron chi connectivity index (χ2n) is 8.07. The molecule has 3 nitrogen and oxygen atoms in total. The molecule has 140 valence electrons. The molecule has 0 aromatic carbocycles. The molecule has 0 N–H and O–H groups in total. The van der Waals surface area contributed by atoms with Crippen LogP contribution in [0, 0.1) is 5.41 Å². The average molecular weight is 363 g/mol. The lowest BCUT2D eigenvalue weighted by atomic mass is 9.72. The highest BCUT2D eigenvalue weighted by Gasteiger charge is 2.27. The lowest BCUT2D eigenvalue weighted by molar-refractivity contribution is -0.127. The van der Waals surface area contributed by atoms with Crippen LogP contribution in [-0.2, 0) is 4.79 Å². The molecule has 0 atom stereocenters. The molecule has 2 rings (SSSR count). The van der Waals surface area contributed by atoms with Crippen LogP contribution in [0.25, 0.3) is 0 Å². The second-order valence-corrected chi connectivity index (χ2v) is 8.55. The fourth-order valence-corrected chi connectivity index (χ4v) is 4.26. The van der Waals surface area contributed by atoms with E-state index in [9.17, 15) is 4.79 Å². The molecule has 0 bridgehead atoms. The van der Waals surface area contributed by atoms with Crippen LogP contribution in [0.15, 0.2) is 23.3 Å². The number of hydrogen-bond donors (Lipinski definition) is 0. The van der Waals surface area contributed by atoms with Gasteiger partial charge in [0, 0.05) is 32.3 Å². The van der Waals surface area contributed by atoms with Crippen molar-refractivity contribution in [3.8, 4) is 0 Å². The van der Waals surface area contributed by atoms with Crippen molar-refractivity contribution in [1.82, 2.24) is 9.80 Å². The zero-order valence-electron chi connectivity index (χ0n) is 16.4. The van der Waals surface area contributed by atoms with Crippen molar-refractivity contribution in [2.24, 2.45) is 5.41 Å². The van der Waals surface area contributed by atoms with Gasteiger partial charge < -0.3 is 9.80 Å². The summed E-state index contributed by atoms with van der Waals surface area (Å²) in [5, 5.41) is 0. The maximum atomic E-state index is 12.6. The van der Waals surface area contributed by atoms with E-state index in [1.54, 1.807) is 6.08 Å². The summed E-state index contributed by atoms with van der Waals surface area (Å²) in [7, 11) is 0. The minimum absolute atomic E-state index is 0.140. The lowest BCUT2D eigenvalue weighted by Gasteiger charge is -2.36. The normalized spacial score (nSPS) is 21.1. The Hall–Kier alpha value is -1.16. The summed E-state index contributed by atoms with van der Waals surface area (Å²) in [4.78, 5) is 17.9. The van der Waals surface area contributed by atoms with E-state index >= 15 is 0 Å². The topological polar surface area (TPSA) is 23.6 Å². The van der Waals surface area contributed by atoms with Gasteiger partial charge in [-0.15, -0.1) is 0 Å². The van der Waals surface area contributed by atoms with Crippen molar-refractivity contribution in [3.05, 3.63) is 23.3 Å². The molecule has 4 heteroatoms. The van der Waals surface area contributed by atoms with Crippen LogP contribution < -0.4 is 0 Å². The maximum Gasteiger partial charge on any atom is 0.246 e. The Morgan fingerprint density at radius 2 is 1.84 bits per heavy atom. The molecular weight excluding hydrogens is 328 g/mol. The summed E-state index contributed by atoms with van der Waals surface area (Å²) in [6.45, 7) is 12.3. The number of unbranched alkanes of at least 4 members (excludes halogenated alkanes) is 1. The van der Waals surface area contributed by atoms with E-state index in [-0.39, 0.29) is 11.3 Å². The molecule has 2 aliphatic rings. The largest absolute Gasteiger partial charge is 0.363 e. The van der Waals surface area contributed by atoms with Gasteiger partial charge in [-0.3, -0.25) is 4.79 Å². The SMILES string of the molecule is CCCCC(=S)N1CCN(C(=O)/C=C/C2=C(C)CCCC2(C)C)CC1. The van der Waals surface area contributed by atoms with Gasteiger partial charge in [-0.05, 0) is 50.0 Å². The van der Waals surface area contributed by atoms with Crippen molar-refractivity contribution >= 4 is 23.1 Å². The number of carbonyl (C=O) groups is 1. The second kappa shape index (κ2) is 8.98. The minimum Gasteiger partial charge on any atom is -0.363 e. The Morgan fingerprint density at radius 1 is 1.20 bits per heavy atom. The monoisotopic (exact) mass is 362 g/mol. The smallest absolute Gasteiger partial charge is 0.246 e. The molecule has 0 spiro atoms. The standard InChI is InChI=1S/C21H34N2OS/c1-5-6-9-20(25)23-15-13-22(14-16-23)19(24)11-10-18-17(2)8-7-12-21(18,3)4/h10-11H,5-9,12-16H2,1-4H3/b11-10+. The quantitative estimate of drug-likeness (QED) is 0.522. The molecule has 1 amide bonds. The molecular formula is C21H34N2OS. The molecule has 1 fully saturated rings. The number of rotatable bonds is 5. The highest BCUT2D eigenvalue weighted by Crippen LogP contribution is 2.40. The summed E-state index contributed by atoms with van der Waals surface area (Å²) in [6.07, 6.45) is 10.8. The fourth-order valence-electron chi connectivity index (χ4n) is 3.93. The van der Waals surface area contributed by atoms with Crippen LogP contribution in [0.3, 0.4) is 0 Å². The van der Waals surface area contributed by atoms with Crippen LogP contribution >= 0.6 is 12.2 Å². The Morgan fingerprint density at radius 3 is 2.44 bits per heavy atom. The molecule has 1 heterocycles. The molecule has 25 heavy (non-hydrogen) atoms. The van der Waals surface area contributed by atoms with E-state index < -0.39 is 0 Å². The first-order chi connectivity index (χ1) is 11.8. The molecule has 0 radical (unpaired) electrons. The fraction of sp³-hybridized carbons (Fsp3) is 0.714. The number of thiocarbonyl (C=S) groups is 1. The number of amides is 1. The van der Waals surface area contributed by atoms with Crippen LogP contribution in [-0.4, -0.2) is 46.9 Å². The van der Waals surface area contributed by atoms with Crippen molar-refractivity contribution in [2.75, 3.05) is 26.2 Å². The van der Waals surface area contributed by atoms with Gasteiger partial charge in [0.25, 0.3) is 0 Å². The van der Waals surface area contributed by atoms with Crippen molar-refractivity contribution in [3.63, 3.8) is 0 Å². The van der Waals surface area contributed by atoms with Gasteiger partial charge in [0.1, 0.15) is 0 Å². The van der Waals surface area contributed by atoms with Gasteiger partial charge in [-0.2, -0.15) is 0 Å². The molecule has 1 aliphatic carbocycles. The Labute approximate surface area is 159 Å². The van der Waals surface area contributed by atoms with Crippen LogP contribution in [0.5, 0.6) is 0 Å². The minimum atomic E-state index is 0.140. The van der Waals surface area contributed by atoms with E-state index in [1.165, 1.54) is 30.4 Å². The van der Waals surface area contributed by atoms with Crippen molar-refractivity contribution in [1.29, 1.82) is 0 Å². The van der Waals surface area contributed by atoms with E-state index in [2.05, 4.69) is 38.7 Å². The van der Waals surface area contributed by atoms with E-state index in [1.807, 2.05) is 4.90 Å². The maximum absolute atomic E-state index is 12.6. The Balaban J connectivity index is 1.89. The van der Waals surface area contributed by atoms with Gasteiger partial charge in [0.15, 0.2) is 0 Å². The number of allylic oxidation sites excluding steroid dienone is 3. The summed E-state index contributed by atoms with van der Waals surface area (Å²) < 4.78 is 0. The number of hydrogen-bond acceptors (Lipinski definition) is 2. The van der Waals surface area contributed by atoms with Crippen molar-refractivity contribution < 1.29 is 4.79 Å². The Kier molecular flexibility index (Phi) is 7.24. The van der Waals surface area contributed by atoms with Gasteiger partial charge in [-0.25, -0.2) is 0 Å². The van der Waals surface area contributed by atoms with Gasteiger partial charge in [0.2, 0.25) is 5.91 Å². The summed E-state index contributed by atoms with van der Waals surface area (Å²) in [5.41, 5.74) is 2.97. The number of carbonyl (C=O) groups excluding carboxylic acids is 1. The predicted octanol–water partition coefficient (Wildman–Crippen LogP) is 4.73. The van der Waals surface area contributed by atoms with Crippen LogP contribution in [0.2, 0.25) is 0 Å². The van der Waals surface area contributed by atoms with Crippen molar-refractivity contribution in [2.45, 2.75) is 66.2 Å². The first-order valence-corrected chi connectivity index (χ1v) is 10.2. The first kappa shape index (κ1) is 20.2. The van der Waals surface area contributed by atoms with E-state index in [4.69, 9.17) is 12.2 Å². The summed E-state index contributed by atoms with van der Waals surface area (Å²) in [5.74, 6) is 0.140.